The number of hydrogen-bond donors (Lipinski definition) is 1. The maximum atomic E-state index is 13.5. The molecule has 11 saturated heterocycles. The summed E-state index contributed by atoms with van der Waals surface area (Å²) in [6, 6.07) is 0. The standard InChI is InChI=1S/C12H22F3N.C11H23NO.C10H16F5N.2C10H19F2N.C10H20FNO.C10H21N.C9H15F4N.C9H17F2N.C9H18FN.C8H17N.3CH4/c1-9(12(13,14)15)10-5-7-16(8-6-10)11(2,3)4;1-11(2,3)12-7-5-10(6-8-12)9-13-4;1-7(2,3)16-5-9(12,13)8(4,11)10(14,15)6-16;1-9(2,3)13-7-4-5-10(11,12)6-8-13;1-9(2,3)13-7-5-4-6-10(11,12)8-13;1-9(2,3)12-6-5-10(4,11)8(13)7-12;1-10(2,3)11-8-6-4-5-7-9-11;1-7(2,3)14-5-8(10,11)4-9(12,13)6-14;1-8(2,3)12-6-4-5-9(10,11)7-12;1-8(2,3)11-6-5-9(4,10)7-11;1-8(2,3)9-6-4-5-7-9;;;/h9-10H,5-8H2,1-4H3;10H,5-9H2,1-4H3;5-6H2,1-4H3;2*4-8H2,1-3H3;8,13H,5-7H2,1-4H3;4-9H2,1-3H3;4-6H2,1-3H3;4-7H2,1-3H3;5-7H2,1-4H3;4-7H2,1-3H3;3*1H4. The van der Waals surface area contributed by atoms with Gasteiger partial charge in [-0.15, -0.1) is 0 Å². The Morgan fingerprint density at radius 1 is 0.278 bits per heavy atom. The third-order valence-electron chi connectivity index (χ3n) is 29.6. The van der Waals surface area contributed by atoms with Crippen LogP contribution in [-0.4, -0.2) is 348 Å². The SMILES string of the molecule is C.C.C.CC(C)(C)N1CC(F)(F)C(C)(F)C(F)(F)C1.CC(C)(C)N1CC(F)(F)CC(F)(F)C1.CC(C)(C)N1CCCC(F)(F)C1.CC(C)(C)N1CCCC(F)(F)CC1.CC(C)(C)N1CCCC1.CC(C)(C)N1CCCCC(F)(F)C1.CC(C)(C)N1CCCCCC1.CC(C1CCN(C(C)(C)C)CC1)C(F)(F)F.CC1(F)CCN(C(C)(C)C)C1.CC1(F)CCN(C(C)(C)C)CC1O.COCC1CCN(C(C)(C)C)CC1. The highest BCUT2D eigenvalue weighted by molar-refractivity contribution is 5.10. The zero-order valence-electron chi connectivity index (χ0n) is 95.8. The summed E-state index contributed by atoms with van der Waals surface area (Å²) in [5.74, 6) is -22.6. The van der Waals surface area contributed by atoms with Gasteiger partial charge in [0.15, 0.2) is 0 Å². The average Bonchev–Trinajstić information content (AvgIpc) is 0.856. The maximum Gasteiger partial charge on any atom is 0.391 e. The molecule has 0 spiro atoms. The number of nitrogens with zero attached hydrogens (tertiary/aromatic N) is 11. The first-order valence-corrected chi connectivity index (χ1v) is 52.9. The van der Waals surface area contributed by atoms with Crippen LogP contribution in [0.1, 0.15) is 413 Å². The number of piperidine rings is 6. The number of aliphatic hydroxyl groups excluding tert-OH is 1. The van der Waals surface area contributed by atoms with Crippen LogP contribution >= 0.6 is 0 Å². The molecular formula is C111H219F20N11O2. The zero-order chi connectivity index (χ0) is 110. The van der Waals surface area contributed by atoms with Gasteiger partial charge in [0.1, 0.15) is 17.4 Å². The molecule has 144 heavy (non-hydrogen) atoms. The molecule has 11 heterocycles. The van der Waals surface area contributed by atoms with Crippen LogP contribution in [0.4, 0.5) is 87.8 Å². The number of likely N-dealkylation sites (tertiary alicyclic amines) is 11. The minimum absolute atomic E-state index is 0. The van der Waals surface area contributed by atoms with Gasteiger partial charge in [0.25, 0.3) is 35.5 Å². The fourth-order valence-corrected chi connectivity index (χ4v) is 18.7. The summed E-state index contributed by atoms with van der Waals surface area (Å²) in [5, 5.41) is 9.55. The molecule has 33 heteroatoms. The van der Waals surface area contributed by atoms with E-state index in [1.54, 1.807) is 55.6 Å². The summed E-state index contributed by atoms with van der Waals surface area (Å²) < 4.78 is 267. The van der Waals surface area contributed by atoms with Crippen LogP contribution in [-0.2, 0) is 4.74 Å². The van der Waals surface area contributed by atoms with Gasteiger partial charge in [-0.1, -0.05) is 42.0 Å². The Bertz CT molecular complexity index is 3360. The second-order valence-electron chi connectivity index (χ2n) is 53.9. The van der Waals surface area contributed by atoms with Crippen molar-refractivity contribution < 1.29 is 97.7 Å². The largest absolute Gasteiger partial charge is 0.391 e. The molecule has 0 saturated carbocycles. The molecule has 0 aromatic rings. The summed E-state index contributed by atoms with van der Waals surface area (Å²) in [6.45, 7) is 84.8. The van der Waals surface area contributed by atoms with E-state index in [4.69, 9.17) is 4.74 Å². The van der Waals surface area contributed by atoms with Crippen LogP contribution in [0.15, 0.2) is 0 Å². The van der Waals surface area contributed by atoms with Gasteiger partial charge in [0.05, 0.1) is 51.6 Å². The lowest BCUT2D eigenvalue weighted by molar-refractivity contribution is -0.286. The Morgan fingerprint density at radius 3 is 0.847 bits per heavy atom. The van der Waals surface area contributed by atoms with E-state index >= 15 is 0 Å². The third kappa shape index (κ3) is 54.9. The van der Waals surface area contributed by atoms with Crippen molar-refractivity contribution in [3.8, 4) is 0 Å². The Hall–Kier alpha value is -1.92. The molecule has 870 valence electrons. The molecule has 4 atom stereocenters. The van der Waals surface area contributed by atoms with Crippen molar-refractivity contribution in [2.45, 2.75) is 545 Å². The first-order valence-electron chi connectivity index (χ1n) is 52.9. The molecule has 0 bridgehead atoms. The second kappa shape index (κ2) is 57.2. The van der Waals surface area contributed by atoms with Crippen LogP contribution in [0.3, 0.4) is 0 Å². The topological polar surface area (TPSA) is 65.1 Å². The molecule has 1 N–H and O–H groups in total. The van der Waals surface area contributed by atoms with E-state index in [0.29, 0.717) is 81.2 Å². The minimum Gasteiger partial charge on any atom is -0.388 e. The molecule has 11 aliphatic rings. The molecule has 11 rings (SSSR count). The van der Waals surface area contributed by atoms with Gasteiger partial charge in [-0.3, -0.25) is 53.9 Å². The fraction of sp³-hybridized carbons (Fsp3) is 1.00. The van der Waals surface area contributed by atoms with E-state index in [0.717, 1.165) is 74.6 Å². The highest BCUT2D eigenvalue weighted by Crippen LogP contribution is 2.50. The number of halogens is 20. The molecule has 11 aliphatic heterocycles. The van der Waals surface area contributed by atoms with E-state index in [-0.39, 0.29) is 107 Å². The lowest BCUT2D eigenvalue weighted by atomic mass is 9.84. The molecule has 4 unspecified atom stereocenters. The zero-order valence-corrected chi connectivity index (χ0v) is 95.8. The highest BCUT2D eigenvalue weighted by atomic mass is 19.4. The number of hydrogen-bond acceptors (Lipinski definition) is 13. The Balaban J connectivity index is -0.00000152. The fourth-order valence-electron chi connectivity index (χ4n) is 18.7. The summed E-state index contributed by atoms with van der Waals surface area (Å²) in [6.07, 6.45) is 10.3. The first-order chi connectivity index (χ1) is 62.7. The van der Waals surface area contributed by atoms with Gasteiger partial charge in [-0.25, -0.2) is 74.6 Å². The molecule has 0 radical (unpaired) electrons. The molecule has 13 nitrogen and oxygen atoms in total. The summed E-state index contributed by atoms with van der Waals surface area (Å²) in [4.78, 5) is 22.3. The predicted molar refractivity (Wildman–Crippen MR) is 565 cm³/mol. The van der Waals surface area contributed by atoms with Crippen molar-refractivity contribution in [3.05, 3.63) is 0 Å². The Labute approximate surface area is 867 Å². The maximum absolute atomic E-state index is 13.5. The number of methoxy groups -OCH3 is 1. The van der Waals surface area contributed by atoms with E-state index in [9.17, 15) is 92.9 Å². The Kier molecular flexibility index (Phi) is 58.0. The first kappa shape index (κ1) is 146. The van der Waals surface area contributed by atoms with E-state index in [2.05, 4.69) is 180 Å². The normalized spacial score (nSPS) is 26.6. The van der Waals surface area contributed by atoms with Crippen LogP contribution < -0.4 is 0 Å². The number of β-amino-alcohol motifs (C(OH)–C–C–N with tert-alkyl or cyclic N) is 1. The molecule has 11 fully saturated rings. The van der Waals surface area contributed by atoms with Crippen molar-refractivity contribution in [1.29, 1.82) is 0 Å². The van der Waals surface area contributed by atoms with Gasteiger partial charge in [-0.05, 0) is 423 Å². The van der Waals surface area contributed by atoms with Gasteiger partial charge in [-0.2, -0.15) is 13.2 Å². The van der Waals surface area contributed by atoms with E-state index < -0.39 is 120 Å². The van der Waals surface area contributed by atoms with Crippen molar-refractivity contribution in [2.24, 2.45) is 17.8 Å². The smallest absolute Gasteiger partial charge is 0.388 e. The highest BCUT2D eigenvalue weighted by Gasteiger charge is 2.71. The lowest BCUT2D eigenvalue weighted by Gasteiger charge is -2.49. The minimum atomic E-state index is -4.05. The summed E-state index contributed by atoms with van der Waals surface area (Å²) in [7, 11) is 1.80. The van der Waals surface area contributed by atoms with E-state index in [1.165, 1.54) is 104 Å². The number of alkyl halides is 20. The van der Waals surface area contributed by atoms with Gasteiger partial charge in [0.2, 0.25) is 11.6 Å². The summed E-state index contributed by atoms with van der Waals surface area (Å²) >= 11 is 0. The summed E-state index contributed by atoms with van der Waals surface area (Å²) in [5.41, 5.74) is -6.47. The molecule has 0 aromatic carbocycles. The second-order valence-corrected chi connectivity index (χ2v) is 53.9. The third-order valence-corrected chi connectivity index (χ3v) is 29.6. The van der Waals surface area contributed by atoms with Crippen LogP contribution in [0.2, 0.25) is 0 Å². The molecule has 0 amide bonds. The van der Waals surface area contributed by atoms with E-state index in [1.807, 2.05) is 51.3 Å². The van der Waals surface area contributed by atoms with Crippen molar-refractivity contribution in [3.63, 3.8) is 0 Å². The lowest BCUT2D eigenvalue weighted by Crippen LogP contribution is -2.70. The Morgan fingerprint density at radius 2 is 0.535 bits per heavy atom. The quantitative estimate of drug-likeness (QED) is 0.273. The number of ether oxygens (including phenoxy) is 1. The molecular weight excluding hydrogens is 1900 g/mol. The van der Waals surface area contributed by atoms with Crippen molar-refractivity contribution >= 4 is 0 Å². The van der Waals surface area contributed by atoms with Crippen LogP contribution in [0.25, 0.3) is 0 Å². The van der Waals surface area contributed by atoms with Crippen molar-refractivity contribution in [1.82, 2.24) is 53.9 Å². The predicted octanol–water partition coefficient (Wildman–Crippen LogP) is 30.3. The van der Waals surface area contributed by atoms with Gasteiger partial charge < -0.3 is 9.84 Å². The monoisotopic (exact) mass is 2120 g/mol. The molecule has 0 aliphatic carbocycles. The number of rotatable bonds is 3. The number of aliphatic hydroxyl groups is 1. The van der Waals surface area contributed by atoms with Crippen molar-refractivity contribution in [2.75, 3.05) is 158 Å². The molecule has 0 aromatic heterocycles. The average molecular weight is 2120 g/mol. The van der Waals surface area contributed by atoms with Gasteiger partial charge in [0, 0.05) is 133 Å². The van der Waals surface area contributed by atoms with Gasteiger partial charge >= 0.3 is 6.18 Å². The van der Waals surface area contributed by atoms with Crippen LogP contribution in [0, 0.1) is 17.8 Å². The van der Waals surface area contributed by atoms with Crippen LogP contribution in [0.5, 0.6) is 0 Å².